The van der Waals surface area contributed by atoms with Gasteiger partial charge in [-0.15, -0.1) is 11.3 Å². The van der Waals surface area contributed by atoms with Crippen LogP contribution in [-0.4, -0.2) is 16.9 Å². The van der Waals surface area contributed by atoms with E-state index in [-0.39, 0.29) is 12.5 Å². The SMILES string of the molecule is CCc1ccc(-c2nc(COC(=O)c3ccc(NC(C)=O)cc3)cs2)cc1. The summed E-state index contributed by atoms with van der Waals surface area (Å²) in [6.45, 7) is 3.68. The molecule has 0 fully saturated rings. The summed E-state index contributed by atoms with van der Waals surface area (Å²) in [5.41, 5.74) is 4.13. The van der Waals surface area contributed by atoms with Gasteiger partial charge >= 0.3 is 5.97 Å². The fourth-order valence-corrected chi connectivity index (χ4v) is 3.32. The molecule has 3 aromatic rings. The van der Waals surface area contributed by atoms with Crippen molar-refractivity contribution in [1.29, 1.82) is 0 Å². The van der Waals surface area contributed by atoms with Crippen LogP contribution in [0.3, 0.4) is 0 Å². The first-order chi connectivity index (χ1) is 13.0. The molecule has 0 aliphatic carbocycles. The molecule has 1 heterocycles. The highest BCUT2D eigenvalue weighted by Crippen LogP contribution is 2.24. The van der Waals surface area contributed by atoms with Gasteiger partial charge in [0, 0.05) is 23.6 Å². The molecule has 0 saturated carbocycles. The lowest BCUT2D eigenvalue weighted by atomic mass is 10.1. The van der Waals surface area contributed by atoms with Gasteiger partial charge in [-0.3, -0.25) is 4.79 Å². The van der Waals surface area contributed by atoms with Gasteiger partial charge in [0.05, 0.1) is 11.3 Å². The van der Waals surface area contributed by atoms with Crippen molar-refractivity contribution < 1.29 is 14.3 Å². The first-order valence-electron chi connectivity index (χ1n) is 8.63. The molecule has 3 rings (SSSR count). The van der Waals surface area contributed by atoms with Crippen LogP contribution in [0.1, 0.15) is 35.5 Å². The van der Waals surface area contributed by atoms with Gasteiger partial charge in [0.2, 0.25) is 5.91 Å². The van der Waals surface area contributed by atoms with E-state index < -0.39 is 5.97 Å². The smallest absolute Gasteiger partial charge is 0.338 e. The monoisotopic (exact) mass is 380 g/mol. The zero-order valence-corrected chi connectivity index (χ0v) is 16.0. The quantitative estimate of drug-likeness (QED) is 0.630. The van der Waals surface area contributed by atoms with Gasteiger partial charge in [-0.2, -0.15) is 0 Å². The normalized spacial score (nSPS) is 10.4. The van der Waals surface area contributed by atoms with Gasteiger partial charge in [-0.25, -0.2) is 9.78 Å². The Labute approximate surface area is 162 Å². The molecule has 0 unspecified atom stereocenters. The average Bonchev–Trinajstić information content (AvgIpc) is 3.15. The fourth-order valence-electron chi connectivity index (χ4n) is 2.50. The third-order valence-corrected chi connectivity index (χ3v) is 4.89. The number of thiazole rings is 1. The number of ether oxygens (including phenoxy) is 1. The minimum absolute atomic E-state index is 0.121. The summed E-state index contributed by atoms with van der Waals surface area (Å²) in [6.07, 6.45) is 1.01. The molecular formula is C21H20N2O3S. The lowest BCUT2D eigenvalue weighted by Crippen LogP contribution is -2.07. The van der Waals surface area contributed by atoms with E-state index in [2.05, 4.69) is 41.5 Å². The van der Waals surface area contributed by atoms with Crippen LogP contribution in [0.25, 0.3) is 10.6 Å². The molecule has 0 radical (unpaired) electrons. The molecule has 0 aliphatic rings. The molecule has 6 heteroatoms. The average molecular weight is 380 g/mol. The van der Waals surface area contributed by atoms with E-state index in [1.165, 1.54) is 23.8 Å². The minimum Gasteiger partial charge on any atom is -0.456 e. The second-order valence-corrected chi connectivity index (χ2v) is 6.89. The third kappa shape index (κ3) is 5.01. The molecular weight excluding hydrogens is 360 g/mol. The lowest BCUT2D eigenvalue weighted by Gasteiger charge is -2.05. The Bertz CT molecular complexity index is 931. The maximum Gasteiger partial charge on any atom is 0.338 e. The highest BCUT2D eigenvalue weighted by Gasteiger charge is 2.10. The number of rotatable bonds is 6. The number of aryl methyl sites for hydroxylation is 1. The maximum absolute atomic E-state index is 12.2. The standard InChI is InChI=1S/C21H20N2O3S/c1-3-15-4-6-16(7-5-15)20-23-19(13-27-20)12-26-21(25)17-8-10-18(11-9-17)22-14(2)24/h4-11,13H,3,12H2,1-2H3,(H,22,24). The van der Waals surface area contributed by atoms with E-state index in [1.807, 2.05) is 5.38 Å². The van der Waals surface area contributed by atoms with Gasteiger partial charge in [-0.05, 0) is 36.2 Å². The molecule has 1 aromatic heterocycles. The number of anilines is 1. The summed E-state index contributed by atoms with van der Waals surface area (Å²) >= 11 is 1.53. The van der Waals surface area contributed by atoms with E-state index in [9.17, 15) is 9.59 Å². The zero-order chi connectivity index (χ0) is 19.2. The highest BCUT2D eigenvalue weighted by molar-refractivity contribution is 7.13. The number of carbonyl (C=O) groups is 2. The van der Waals surface area contributed by atoms with Crippen molar-refractivity contribution in [2.45, 2.75) is 26.9 Å². The molecule has 0 saturated heterocycles. The van der Waals surface area contributed by atoms with Gasteiger partial charge in [0.25, 0.3) is 0 Å². The van der Waals surface area contributed by atoms with Crippen molar-refractivity contribution in [3.63, 3.8) is 0 Å². The molecule has 1 N–H and O–H groups in total. The van der Waals surface area contributed by atoms with E-state index in [1.54, 1.807) is 24.3 Å². The van der Waals surface area contributed by atoms with Crippen molar-refractivity contribution in [3.05, 3.63) is 70.7 Å². The van der Waals surface area contributed by atoms with Crippen LogP contribution in [0, 0.1) is 0 Å². The van der Waals surface area contributed by atoms with Crippen molar-refractivity contribution in [3.8, 4) is 10.6 Å². The topological polar surface area (TPSA) is 68.3 Å². The molecule has 0 aliphatic heterocycles. The predicted octanol–water partition coefficient (Wildman–Crippen LogP) is 4.69. The number of aromatic nitrogens is 1. The summed E-state index contributed by atoms with van der Waals surface area (Å²) in [5.74, 6) is -0.583. The largest absolute Gasteiger partial charge is 0.456 e. The summed E-state index contributed by atoms with van der Waals surface area (Å²) < 4.78 is 5.34. The molecule has 5 nitrogen and oxygen atoms in total. The van der Waals surface area contributed by atoms with Gasteiger partial charge in [0.15, 0.2) is 0 Å². The van der Waals surface area contributed by atoms with Crippen LogP contribution in [0.5, 0.6) is 0 Å². The van der Waals surface area contributed by atoms with Crippen LogP contribution in [0.2, 0.25) is 0 Å². The van der Waals surface area contributed by atoms with Crippen LogP contribution in [0.4, 0.5) is 5.69 Å². The van der Waals surface area contributed by atoms with E-state index in [4.69, 9.17) is 4.74 Å². The second-order valence-electron chi connectivity index (χ2n) is 6.03. The van der Waals surface area contributed by atoms with Crippen molar-refractivity contribution in [2.24, 2.45) is 0 Å². The van der Waals surface area contributed by atoms with E-state index in [0.29, 0.717) is 11.3 Å². The molecule has 1 amide bonds. The number of hydrogen-bond donors (Lipinski definition) is 1. The van der Waals surface area contributed by atoms with Gasteiger partial charge in [-0.1, -0.05) is 31.2 Å². The number of benzene rings is 2. The Morgan fingerprint density at radius 1 is 1.07 bits per heavy atom. The number of esters is 1. The first-order valence-corrected chi connectivity index (χ1v) is 9.51. The second kappa shape index (κ2) is 8.60. The molecule has 0 spiro atoms. The number of nitrogens with zero attached hydrogens (tertiary/aromatic N) is 1. The first kappa shape index (κ1) is 18.8. The Morgan fingerprint density at radius 2 is 1.78 bits per heavy atom. The maximum atomic E-state index is 12.2. The summed E-state index contributed by atoms with van der Waals surface area (Å²) in [5, 5.41) is 5.46. The number of hydrogen-bond acceptors (Lipinski definition) is 5. The van der Waals surface area contributed by atoms with Gasteiger partial charge < -0.3 is 10.1 Å². The van der Waals surface area contributed by atoms with Gasteiger partial charge in [0.1, 0.15) is 11.6 Å². The minimum atomic E-state index is -0.425. The summed E-state index contributed by atoms with van der Waals surface area (Å²) in [4.78, 5) is 27.7. The number of carbonyl (C=O) groups excluding carboxylic acids is 2. The molecule has 0 bridgehead atoms. The van der Waals surface area contributed by atoms with E-state index in [0.717, 1.165) is 22.7 Å². The van der Waals surface area contributed by atoms with Crippen LogP contribution in [-0.2, 0) is 22.6 Å². The Morgan fingerprint density at radius 3 is 2.41 bits per heavy atom. The molecule has 138 valence electrons. The Hall–Kier alpha value is -2.99. The van der Waals surface area contributed by atoms with Crippen LogP contribution < -0.4 is 5.32 Å². The predicted molar refractivity (Wildman–Crippen MR) is 107 cm³/mol. The lowest BCUT2D eigenvalue weighted by molar-refractivity contribution is -0.114. The highest BCUT2D eigenvalue weighted by atomic mass is 32.1. The fraction of sp³-hybridized carbons (Fsp3) is 0.190. The van der Waals surface area contributed by atoms with Crippen molar-refractivity contribution >= 4 is 28.9 Å². The Kier molecular flexibility index (Phi) is 5.98. The van der Waals surface area contributed by atoms with Crippen molar-refractivity contribution in [2.75, 3.05) is 5.32 Å². The number of nitrogens with one attached hydrogen (secondary N) is 1. The number of amides is 1. The van der Waals surface area contributed by atoms with Crippen LogP contribution in [0.15, 0.2) is 53.9 Å². The molecule has 0 atom stereocenters. The summed E-state index contributed by atoms with van der Waals surface area (Å²) in [7, 11) is 0. The summed E-state index contributed by atoms with van der Waals surface area (Å²) in [6, 6.07) is 14.9. The van der Waals surface area contributed by atoms with E-state index >= 15 is 0 Å². The zero-order valence-electron chi connectivity index (χ0n) is 15.2. The van der Waals surface area contributed by atoms with Crippen molar-refractivity contribution in [1.82, 2.24) is 4.98 Å². The third-order valence-electron chi connectivity index (χ3n) is 3.95. The van der Waals surface area contributed by atoms with Crippen LogP contribution >= 0.6 is 11.3 Å². The Balaban J connectivity index is 1.59. The molecule has 27 heavy (non-hydrogen) atoms. The molecule has 2 aromatic carbocycles.